The van der Waals surface area contributed by atoms with Crippen LogP contribution in [0.25, 0.3) is 0 Å². The Hall–Kier alpha value is -2.42. The molecular formula is C29H35NO. The first kappa shape index (κ1) is 21.8. The Morgan fingerprint density at radius 1 is 0.806 bits per heavy atom. The van der Waals surface area contributed by atoms with Crippen LogP contribution in [0, 0.1) is 5.92 Å². The number of likely N-dealkylation sites (tertiary alicyclic amines) is 1. The second-order valence-corrected chi connectivity index (χ2v) is 9.04. The van der Waals surface area contributed by atoms with Gasteiger partial charge in [0.05, 0.1) is 5.60 Å². The lowest BCUT2D eigenvalue weighted by Gasteiger charge is -2.54. The number of benzene rings is 3. The standard InChI is InChI=1S/C29H35NO/c1-3-4-8-21-26-28(24-17-11-6-12-18-24)30(2)27(23-15-9-5-10-16-23)22-29(26,31)25-19-13-7-14-20-25/h5-7,9-20,26-28,31H,3-4,8,21-22H2,1-2H3/t26-,27+,28+,29-/m1/s1. The molecule has 3 aromatic rings. The van der Waals surface area contributed by atoms with Crippen LogP contribution >= 0.6 is 0 Å². The van der Waals surface area contributed by atoms with Crippen molar-refractivity contribution in [1.82, 2.24) is 4.90 Å². The van der Waals surface area contributed by atoms with E-state index in [4.69, 9.17) is 0 Å². The van der Waals surface area contributed by atoms with E-state index in [9.17, 15) is 5.11 Å². The topological polar surface area (TPSA) is 23.5 Å². The first-order chi connectivity index (χ1) is 15.1. The first-order valence-electron chi connectivity index (χ1n) is 11.7. The summed E-state index contributed by atoms with van der Waals surface area (Å²) >= 11 is 0. The molecule has 0 unspecified atom stereocenters. The molecule has 31 heavy (non-hydrogen) atoms. The highest BCUT2D eigenvalue weighted by molar-refractivity contribution is 5.32. The first-order valence-corrected chi connectivity index (χ1v) is 11.7. The molecular weight excluding hydrogens is 378 g/mol. The average Bonchev–Trinajstić information content (AvgIpc) is 2.83. The number of nitrogens with zero attached hydrogens (tertiary/aromatic N) is 1. The van der Waals surface area contributed by atoms with Gasteiger partial charge >= 0.3 is 0 Å². The van der Waals surface area contributed by atoms with Crippen LogP contribution in [0.15, 0.2) is 91.0 Å². The Morgan fingerprint density at radius 3 is 1.94 bits per heavy atom. The van der Waals surface area contributed by atoms with Gasteiger partial charge in [-0.25, -0.2) is 0 Å². The second-order valence-electron chi connectivity index (χ2n) is 9.04. The molecule has 1 N–H and O–H groups in total. The predicted molar refractivity (Wildman–Crippen MR) is 129 cm³/mol. The van der Waals surface area contributed by atoms with Crippen molar-refractivity contribution < 1.29 is 5.11 Å². The maximum atomic E-state index is 12.5. The molecule has 0 saturated carbocycles. The summed E-state index contributed by atoms with van der Waals surface area (Å²) in [4.78, 5) is 2.51. The van der Waals surface area contributed by atoms with E-state index in [1.165, 1.54) is 24.0 Å². The van der Waals surface area contributed by atoms with E-state index in [1.54, 1.807) is 0 Å². The van der Waals surface area contributed by atoms with Gasteiger partial charge in [0.15, 0.2) is 0 Å². The number of unbranched alkanes of at least 4 members (excludes halogenated alkanes) is 2. The summed E-state index contributed by atoms with van der Waals surface area (Å²) in [5.41, 5.74) is 2.74. The molecule has 1 saturated heterocycles. The third kappa shape index (κ3) is 4.46. The van der Waals surface area contributed by atoms with E-state index in [2.05, 4.69) is 104 Å². The molecule has 0 aromatic heterocycles. The third-order valence-corrected chi connectivity index (χ3v) is 7.15. The SMILES string of the molecule is CCCCC[C@@H]1[C@H](c2ccccc2)N(C)[C@H](c2ccccc2)C[C@@]1(O)c1ccccc1. The van der Waals surface area contributed by atoms with Crippen LogP contribution in [0.3, 0.4) is 0 Å². The van der Waals surface area contributed by atoms with Crippen molar-refractivity contribution in [1.29, 1.82) is 0 Å². The van der Waals surface area contributed by atoms with Crippen LogP contribution in [0.4, 0.5) is 0 Å². The Labute approximate surface area is 187 Å². The van der Waals surface area contributed by atoms with Crippen molar-refractivity contribution in [3.05, 3.63) is 108 Å². The Morgan fingerprint density at radius 2 is 1.35 bits per heavy atom. The monoisotopic (exact) mass is 413 g/mol. The lowest BCUT2D eigenvalue weighted by Crippen LogP contribution is -2.52. The largest absolute Gasteiger partial charge is 0.385 e. The molecule has 162 valence electrons. The number of piperidine rings is 1. The quantitative estimate of drug-likeness (QED) is 0.426. The van der Waals surface area contributed by atoms with Gasteiger partial charge in [-0.1, -0.05) is 117 Å². The summed E-state index contributed by atoms with van der Waals surface area (Å²) < 4.78 is 0. The van der Waals surface area contributed by atoms with Crippen LogP contribution in [0.5, 0.6) is 0 Å². The summed E-state index contributed by atoms with van der Waals surface area (Å²) in [7, 11) is 2.24. The summed E-state index contributed by atoms with van der Waals surface area (Å²) in [5.74, 6) is 0.133. The second kappa shape index (κ2) is 9.80. The minimum atomic E-state index is -0.872. The van der Waals surface area contributed by atoms with Crippen molar-refractivity contribution in [2.24, 2.45) is 5.92 Å². The van der Waals surface area contributed by atoms with Crippen molar-refractivity contribution in [3.63, 3.8) is 0 Å². The Kier molecular flexibility index (Phi) is 6.89. The fourth-order valence-corrected chi connectivity index (χ4v) is 5.54. The highest BCUT2D eigenvalue weighted by atomic mass is 16.3. The van der Waals surface area contributed by atoms with Gasteiger partial charge in [-0.3, -0.25) is 4.90 Å². The minimum Gasteiger partial charge on any atom is -0.385 e. The molecule has 0 spiro atoms. The fraction of sp³-hybridized carbons (Fsp3) is 0.379. The lowest BCUT2D eigenvalue weighted by atomic mass is 9.65. The van der Waals surface area contributed by atoms with Crippen molar-refractivity contribution in [3.8, 4) is 0 Å². The van der Waals surface area contributed by atoms with Gasteiger partial charge in [-0.2, -0.15) is 0 Å². The highest BCUT2D eigenvalue weighted by Crippen LogP contribution is 2.54. The van der Waals surface area contributed by atoms with Crippen molar-refractivity contribution >= 4 is 0 Å². The minimum absolute atomic E-state index is 0.133. The van der Waals surface area contributed by atoms with Gasteiger partial charge in [0.1, 0.15) is 0 Å². The Bertz CT molecular complexity index is 927. The summed E-state index contributed by atoms with van der Waals surface area (Å²) in [6, 6.07) is 32.2. The molecule has 0 bridgehead atoms. The molecule has 4 rings (SSSR count). The average molecular weight is 414 g/mol. The van der Waals surface area contributed by atoms with Gasteiger partial charge in [-0.05, 0) is 30.2 Å². The number of hydrogen-bond acceptors (Lipinski definition) is 2. The van der Waals surface area contributed by atoms with Crippen LogP contribution in [-0.2, 0) is 5.60 Å². The van der Waals surface area contributed by atoms with Gasteiger partial charge in [-0.15, -0.1) is 0 Å². The van der Waals surface area contributed by atoms with Gasteiger partial charge in [0, 0.05) is 24.4 Å². The molecule has 4 atom stereocenters. The zero-order valence-corrected chi connectivity index (χ0v) is 18.8. The summed E-state index contributed by atoms with van der Waals surface area (Å²) in [6.07, 6.45) is 5.26. The molecule has 2 heteroatoms. The van der Waals surface area contributed by atoms with Gasteiger partial charge in [0.25, 0.3) is 0 Å². The fourth-order valence-electron chi connectivity index (χ4n) is 5.54. The molecule has 1 heterocycles. The maximum Gasteiger partial charge on any atom is 0.0961 e. The highest BCUT2D eigenvalue weighted by Gasteiger charge is 2.51. The van der Waals surface area contributed by atoms with E-state index in [-0.39, 0.29) is 18.0 Å². The number of hydrogen-bond donors (Lipinski definition) is 1. The van der Waals surface area contributed by atoms with Crippen LogP contribution in [-0.4, -0.2) is 17.1 Å². The summed E-state index contributed by atoms with van der Waals surface area (Å²) in [5, 5.41) is 12.5. The smallest absolute Gasteiger partial charge is 0.0961 e. The number of aliphatic hydroxyl groups is 1. The molecule has 1 aliphatic heterocycles. The molecule has 1 aliphatic rings. The maximum absolute atomic E-state index is 12.5. The molecule has 3 aromatic carbocycles. The van der Waals surface area contributed by atoms with Crippen LogP contribution in [0.2, 0.25) is 0 Å². The third-order valence-electron chi connectivity index (χ3n) is 7.15. The predicted octanol–water partition coefficient (Wildman–Crippen LogP) is 6.89. The van der Waals surface area contributed by atoms with E-state index in [0.29, 0.717) is 6.42 Å². The van der Waals surface area contributed by atoms with Gasteiger partial charge < -0.3 is 5.11 Å². The Balaban J connectivity index is 1.84. The molecule has 0 aliphatic carbocycles. The van der Waals surface area contributed by atoms with E-state index >= 15 is 0 Å². The zero-order chi connectivity index (χ0) is 21.7. The van der Waals surface area contributed by atoms with Crippen molar-refractivity contribution in [2.45, 2.75) is 56.7 Å². The van der Waals surface area contributed by atoms with E-state index < -0.39 is 5.60 Å². The molecule has 1 fully saturated rings. The molecule has 0 amide bonds. The van der Waals surface area contributed by atoms with E-state index in [0.717, 1.165) is 18.4 Å². The van der Waals surface area contributed by atoms with Crippen LogP contribution < -0.4 is 0 Å². The molecule has 2 nitrogen and oxygen atoms in total. The summed E-state index contributed by atoms with van der Waals surface area (Å²) in [6.45, 7) is 2.25. The van der Waals surface area contributed by atoms with Crippen molar-refractivity contribution in [2.75, 3.05) is 7.05 Å². The normalized spacial score (nSPS) is 26.6. The molecule has 0 radical (unpaired) electrons. The lowest BCUT2D eigenvalue weighted by molar-refractivity contribution is -0.130. The van der Waals surface area contributed by atoms with Gasteiger partial charge in [0.2, 0.25) is 0 Å². The zero-order valence-electron chi connectivity index (χ0n) is 18.8. The van der Waals surface area contributed by atoms with E-state index in [1.807, 2.05) is 6.07 Å². The number of rotatable bonds is 7. The van der Waals surface area contributed by atoms with Crippen LogP contribution in [0.1, 0.15) is 67.8 Å².